The molecule has 0 saturated carbocycles. The van der Waals surface area contributed by atoms with Crippen LogP contribution >= 0.6 is 12.4 Å². The lowest BCUT2D eigenvalue weighted by molar-refractivity contribution is -0.126. The molecule has 0 aromatic heterocycles. The van der Waals surface area contributed by atoms with Gasteiger partial charge >= 0.3 is 0 Å². The number of hydrogen-bond donors (Lipinski definition) is 2. The van der Waals surface area contributed by atoms with Gasteiger partial charge < -0.3 is 15.4 Å². The lowest BCUT2D eigenvalue weighted by Gasteiger charge is -2.25. The number of aliphatic hydroxyl groups is 1. The maximum absolute atomic E-state index is 10.8. The molecule has 1 amide bonds. The minimum absolute atomic E-state index is 0. The molecule has 80 valence electrons. The van der Waals surface area contributed by atoms with Crippen LogP contribution in [0.3, 0.4) is 0 Å². The highest BCUT2D eigenvalue weighted by Gasteiger charge is 2.30. The Kier molecular flexibility index (Phi) is 7.43. The summed E-state index contributed by atoms with van der Waals surface area (Å²) in [5, 5.41) is 8.55. The van der Waals surface area contributed by atoms with Gasteiger partial charge in [0.1, 0.15) is 0 Å². The average molecular weight is 231 g/mol. The standard InChI is InChI=1S/C6H13NO4S.ClH/c1-6(2-3-8,5(7)9)4-12(10)11;/h8H,2-4H2,1H3,(H2,7,9)(H,10,11);1H/p-1. The van der Waals surface area contributed by atoms with Crippen LogP contribution in [0.2, 0.25) is 0 Å². The zero-order valence-corrected chi connectivity index (χ0v) is 8.82. The number of aliphatic hydroxyl groups excluding tert-OH is 1. The lowest BCUT2D eigenvalue weighted by atomic mass is 9.89. The van der Waals surface area contributed by atoms with E-state index < -0.39 is 22.4 Å². The number of halogens is 1. The molecule has 0 bridgehead atoms. The topological polar surface area (TPSA) is 103 Å². The van der Waals surface area contributed by atoms with Crippen molar-refractivity contribution in [1.29, 1.82) is 0 Å². The van der Waals surface area contributed by atoms with E-state index in [0.29, 0.717) is 0 Å². The maximum atomic E-state index is 10.8. The van der Waals surface area contributed by atoms with Crippen molar-refractivity contribution >= 4 is 29.4 Å². The molecular formula is C6H13ClNO4S-. The van der Waals surface area contributed by atoms with Crippen molar-refractivity contribution in [2.24, 2.45) is 11.1 Å². The monoisotopic (exact) mass is 230 g/mol. The first-order valence-electron chi connectivity index (χ1n) is 3.39. The van der Waals surface area contributed by atoms with Gasteiger partial charge in [-0.05, 0) is 13.3 Å². The summed E-state index contributed by atoms with van der Waals surface area (Å²) >= 11 is -2.32. The summed E-state index contributed by atoms with van der Waals surface area (Å²) < 4.78 is 20.6. The molecule has 5 nitrogen and oxygen atoms in total. The Morgan fingerprint density at radius 2 is 2.15 bits per heavy atom. The molecule has 0 fully saturated rings. The molecule has 0 aromatic carbocycles. The van der Waals surface area contributed by atoms with Crippen LogP contribution in [0.15, 0.2) is 0 Å². The first-order valence-corrected chi connectivity index (χ1v) is 4.63. The molecule has 0 aliphatic rings. The highest BCUT2D eigenvalue weighted by Crippen LogP contribution is 2.21. The SMILES string of the molecule is CC(CCO)(CS(=O)[O-])C(N)=O.Cl. The van der Waals surface area contributed by atoms with Gasteiger partial charge in [-0.25, -0.2) is 0 Å². The predicted octanol–water partition coefficient (Wildman–Crippen LogP) is -0.839. The predicted molar refractivity (Wildman–Crippen MR) is 50.0 cm³/mol. The normalized spacial score (nSPS) is 16.8. The zero-order chi connectivity index (χ0) is 9.78. The van der Waals surface area contributed by atoms with Crippen molar-refractivity contribution in [3.8, 4) is 0 Å². The van der Waals surface area contributed by atoms with Crippen LogP contribution < -0.4 is 5.73 Å². The highest BCUT2D eigenvalue weighted by molar-refractivity contribution is 7.79. The number of nitrogens with two attached hydrogens (primary N) is 1. The van der Waals surface area contributed by atoms with Gasteiger partial charge in [0, 0.05) is 12.4 Å². The van der Waals surface area contributed by atoms with Crippen molar-refractivity contribution in [3.05, 3.63) is 0 Å². The van der Waals surface area contributed by atoms with E-state index in [1.807, 2.05) is 0 Å². The molecule has 2 unspecified atom stereocenters. The molecule has 0 spiro atoms. The molecule has 7 heteroatoms. The fourth-order valence-electron chi connectivity index (χ4n) is 0.773. The average Bonchev–Trinajstić information content (AvgIpc) is 1.85. The Bertz CT molecular complexity index is 201. The van der Waals surface area contributed by atoms with E-state index >= 15 is 0 Å². The number of primary amides is 1. The molecule has 0 heterocycles. The second kappa shape index (κ2) is 6.31. The van der Waals surface area contributed by atoms with E-state index in [1.54, 1.807) is 0 Å². The van der Waals surface area contributed by atoms with Gasteiger partial charge in [0.05, 0.1) is 5.41 Å². The Morgan fingerprint density at radius 1 is 1.69 bits per heavy atom. The molecule has 0 radical (unpaired) electrons. The smallest absolute Gasteiger partial charge is 0.224 e. The Hall–Kier alpha value is -0.170. The van der Waals surface area contributed by atoms with Crippen molar-refractivity contribution < 1.29 is 18.7 Å². The Labute approximate surface area is 85.4 Å². The molecule has 0 rings (SSSR count). The Morgan fingerprint density at radius 3 is 2.38 bits per heavy atom. The summed E-state index contributed by atoms with van der Waals surface area (Å²) in [5.74, 6) is -1.05. The summed E-state index contributed by atoms with van der Waals surface area (Å²) in [6.07, 6.45) is 0.0658. The number of hydrogen-bond acceptors (Lipinski definition) is 4. The summed E-state index contributed by atoms with van der Waals surface area (Å²) in [7, 11) is 0. The zero-order valence-electron chi connectivity index (χ0n) is 7.19. The summed E-state index contributed by atoms with van der Waals surface area (Å²) in [5.41, 5.74) is 3.83. The third kappa shape index (κ3) is 5.20. The molecule has 13 heavy (non-hydrogen) atoms. The van der Waals surface area contributed by atoms with E-state index in [9.17, 15) is 13.6 Å². The molecular weight excluding hydrogens is 218 g/mol. The van der Waals surface area contributed by atoms with Crippen molar-refractivity contribution in [2.45, 2.75) is 13.3 Å². The van der Waals surface area contributed by atoms with E-state index in [4.69, 9.17) is 10.8 Å². The largest absolute Gasteiger partial charge is 0.772 e. The van der Waals surface area contributed by atoms with Crippen LogP contribution in [-0.2, 0) is 15.9 Å². The lowest BCUT2D eigenvalue weighted by Crippen LogP contribution is -2.39. The van der Waals surface area contributed by atoms with Crippen LogP contribution in [-0.4, -0.2) is 32.1 Å². The fraction of sp³-hybridized carbons (Fsp3) is 0.833. The van der Waals surface area contributed by atoms with Crippen LogP contribution in [0.1, 0.15) is 13.3 Å². The molecule has 0 saturated heterocycles. The quantitative estimate of drug-likeness (QED) is 0.601. The van der Waals surface area contributed by atoms with Gasteiger partial charge in [0.25, 0.3) is 0 Å². The van der Waals surface area contributed by atoms with Crippen molar-refractivity contribution in [2.75, 3.05) is 12.4 Å². The van der Waals surface area contributed by atoms with E-state index in [-0.39, 0.29) is 31.2 Å². The number of rotatable bonds is 5. The Balaban J connectivity index is 0. The van der Waals surface area contributed by atoms with Gasteiger partial charge in [-0.3, -0.25) is 9.00 Å². The molecule has 0 aliphatic carbocycles. The summed E-state index contributed by atoms with van der Waals surface area (Å²) in [6.45, 7) is 1.16. The first kappa shape index (κ1) is 15.3. The number of amides is 1. The van der Waals surface area contributed by atoms with E-state index in [0.717, 1.165) is 0 Å². The second-order valence-corrected chi connectivity index (χ2v) is 3.74. The maximum Gasteiger partial charge on any atom is 0.224 e. The number of carbonyl (C=O) groups excluding carboxylic acids is 1. The fourth-order valence-corrected chi connectivity index (χ4v) is 1.58. The third-order valence-electron chi connectivity index (χ3n) is 1.69. The molecule has 3 N–H and O–H groups in total. The van der Waals surface area contributed by atoms with Gasteiger partial charge in [-0.1, -0.05) is 11.1 Å². The number of carbonyl (C=O) groups is 1. The highest BCUT2D eigenvalue weighted by atomic mass is 35.5. The first-order chi connectivity index (χ1) is 5.42. The molecule has 0 aromatic rings. The van der Waals surface area contributed by atoms with Crippen LogP contribution in [0.4, 0.5) is 0 Å². The van der Waals surface area contributed by atoms with Crippen molar-refractivity contribution in [3.63, 3.8) is 0 Å². The van der Waals surface area contributed by atoms with E-state index in [1.165, 1.54) is 6.92 Å². The van der Waals surface area contributed by atoms with Crippen LogP contribution in [0.5, 0.6) is 0 Å². The summed E-state index contributed by atoms with van der Waals surface area (Å²) in [4.78, 5) is 10.8. The van der Waals surface area contributed by atoms with Crippen LogP contribution in [0, 0.1) is 5.41 Å². The second-order valence-electron chi connectivity index (χ2n) is 2.85. The van der Waals surface area contributed by atoms with Gasteiger partial charge in [-0.15, -0.1) is 12.4 Å². The summed E-state index contributed by atoms with van der Waals surface area (Å²) in [6, 6.07) is 0. The van der Waals surface area contributed by atoms with Gasteiger partial charge in [-0.2, -0.15) is 0 Å². The minimum atomic E-state index is -2.32. The molecule has 2 atom stereocenters. The third-order valence-corrected chi connectivity index (χ3v) is 2.57. The van der Waals surface area contributed by atoms with Crippen LogP contribution in [0.25, 0.3) is 0 Å². The minimum Gasteiger partial charge on any atom is -0.772 e. The van der Waals surface area contributed by atoms with Gasteiger partial charge in [0.2, 0.25) is 5.91 Å². The van der Waals surface area contributed by atoms with E-state index in [2.05, 4.69) is 0 Å². The molecule has 0 aliphatic heterocycles. The van der Waals surface area contributed by atoms with Crippen molar-refractivity contribution in [1.82, 2.24) is 0 Å². The van der Waals surface area contributed by atoms with Gasteiger partial charge in [0.15, 0.2) is 0 Å².